The molecule has 0 radical (unpaired) electrons. The zero-order chi connectivity index (χ0) is 17.0. The Kier molecular flexibility index (Phi) is 4.94. The third-order valence-electron chi connectivity index (χ3n) is 4.97. The van der Waals surface area contributed by atoms with Crippen LogP contribution in [0.4, 0.5) is 0 Å². The van der Waals surface area contributed by atoms with Crippen molar-refractivity contribution < 1.29 is 9.90 Å². The molecule has 1 fully saturated rings. The summed E-state index contributed by atoms with van der Waals surface area (Å²) in [5.41, 5.74) is 1.60. The van der Waals surface area contributed by atoms with E-state index >= 15 is 0 Å². The van der Waals surface area contributed by atoms with E-state index in [1.165, 1.54) is 0 Å². The van der Waals surface area contributed by atoms with E-state index in [9.17, 15) is 9.90 Å². The highest BCUT2D eigenvalue weighted by molar-refractivity contribution is 5.76. The number of hydrogen-bond donors (Lipinski definition) is 2. The van der Waals surface area contributed by atoms with Gasteiger partial charge in [-0.25, -0.2) is 0 Å². The molecule has 0 aliphatic heterocycles. The number of aromatic nitrogens is 3. The lowest BCUT2D eigenvalue weighted by Crippen LogP contribution is -2.47. The first-order chi connectivity index (χ1) is 11.6. The van der Waals surface area contributed by atoms with Gasteiger partial charge in [0, 0.05) is 42.5 Å². The molecule has 0 aromatic carbocycles. The zero-order valence-corrected chi connectivity index (χ0v) is 14.0. The van der Waals surface area contributed by atoms with Gasteiger partial charge in [-0.3, -0.25) is 14.5 Å². The molecule has 6 heteroatoms. The number of aliphatic hydroxyl groups excluding tert-OH is 1. The van der Waals surface area contributed by atoms with Gasteiger partial charge in [0.05, 0.1) is 18.8 Å². The number of aryl methyl sites for hydroxylation is 2. The van der Waals surface area contributed by atoms with E-state index in [0.29, 0.717) is 12.8 Å². The van der Waals surface area contributed by atoms with E-state index in [2.05, 4.69) is 15.4 Å². The predicted molar refractivity (Wildman–Crippen MR) is 90.0 cm³/mol. The standard InChI is InChI=1S/C18H24N4O2/c1-22-12-14(11-20-22)17(18(13-23)8-4-9-18)21-16(24)7-6-15-5-2-3-10-19-15/h2-3,5,10-12,17,23H,4,6-9,13H2,1H3,(H,21,24)/t17-/m1/s1. The molecule has 24 heavy (non-hydrogen) atoms. The lowest BCUT2D eigenvalue weighted by Gasteiger charge is -2.46. The van der Waals surface area contributed by atoms with Gasteiger partial charge in [-0.2, -0.15) is 5.10 Å². The van der Waals surface area contributed by atoms with Crippen LogP contribution in [0.15, 0.2) is 36.8 Å². The Morgan fingerprint density at radius 1 is 1.46 bits per heavy atom. The van der Waals surface area contributed by atoms with Crippen molar-refractivity contribution in [2.75, 3.05) is 6.61 Å². The van der Waals surface area contributed by atoms with Crippen LogP contribution in [0.5, 0.6) is 0 Å². The molecule has 1 aliphatic rings. The van der Waals surface area contributed by atoms with Gasteiger partial charge in [0.1, 0.15) is 0 Å². The van der Waals surface area contributed by atoms with Gasteiger partial charge >= 0.3 is 0 Å². The molecule has 6 nitrogen and oxygen atoms in total. The van der Waals surface area contributed by atoms with Crippen LogP contribution >= 0.6 is 0 Å². The molecule has 0 spiro atoms. The minimum absolute atomic E-state index is 0.0192. The van der Waals surface area contributed by atoms with Crippen molar-refractivity contribution >= 4 is 5.91 Å². The van der Waals surface area contributed by atoms with Gasteiger partial charge in [-0.1, -0.05) is 12.5 Å². The summed E-state index contributed by atoms with van der Waals surface area (Å²) in [6.07, 6.45) is 9.35. The van der Waals surface area contributed by atoms with Crippen LogP contribution in [0.3, 0.4) is 0 Å². The Balaban J connectivity index is 1.68. The number of carbonyl (C=O) groups excluding carboxylic acids is 1. The van der Waals surface area contributed by atoms with E-state index in [1.807, 2.05) is 31.4 Å². The minimum Gasteiger partial charge on any atom is -0.396 e. The molecule has 2 aromatic rings. The Morgan fingerprint density at radius 3 is 2.83 bits per heavy atom. The Morgan fingerprint density at radius 2 is 2.29 bits per heavy atom. The maximum atomic E-state index is 12.5. The van der Waals surface area contributed by atoms with Gasteiger partial charge in [0.2, 0.25) is 5.91 Å². The van der Waals surface area contributed by atoms with Crippen LogP contribution in [-0.4, -0.2) is 32.4 Å². The van der Waals surface area contributed by atoms with Crippen molar-refractivity contribution in [1.82, 2.24) is 20.1 Å². The lowest BCUT2D eigenvalue weighted by atomic mass is 9.63. The Labute approximate surface area is 141 Å². The van der Waals surface area contributed by atoms with Crippen molar-refractivity contribution in [3.05, 3.63) is 48.0 Å². The van der Waals surface area contributed by atoms with E-state index in [0.717, 1.165) is 30.5 Å². The van der Waals surface area contributed by atoms with E-state index < -0.39 is 0 Å². The molecule has 2 aromatic heterocycles. The molecule has 1 atom stereocenters. The molecule has 1 amide bonds. The minimum atomic E-state index is -0.260. The fourth-order valence-electron chi connectivity index (χ4n) is 3.37. The second kappa shape index (κ2) is 7.13. The summed E-state index contributed by atoms with van der Waals surface area (Å²) in [5.74, 6) is -0.0192. The highest BCUT2D eigenvalue weighted by atomic mass is 16.3. The lowest BCUT2D eigenvalue weighted by molar-refractivity contribution is -0.124. The highest BCUT2D eigenvalue weighted by Crippen LogP contribution is 2.49. The van der Waals surface area contributed by atoms with Crippen LogP contribution in [0, 0.1) is 5.41 Å². The van der Waals surface area contributed by atoms with Crippen molar-refractivity contribution in [2.45, 2.75) is 38.1 Å². The number of carbonyl (C=O) groups is 1. The molecule has 0 bridgehead atoms. The molecule has 0 saturated heterocycles. The third-order valence-corrected chi connectivity index (χ3v) is 4.97. The second-order valence-electron chi connectivity index (χ2n) is 6.64. The summed E-state index contributed by atoms with van der Waals surface area (Å²) < 4.78 is 1.73. The van der Waals surface area contributed by atoms with E-state index in [-0.39, 0.29) is 24.0 Å². The molecule has 2 heterocycles. The number of nitrogens with one attached hydrogen (secondary N) is 1. The van der Waals surface area contributed by atoms with Crippen molar-refractivity contribution in [3.63, 3.8) is 0 Å². The smallest absolute Gasteiger partial charge is 0.220 e. The molecule has 1 aliphatic carbocycles. The van der Waals surface area contributed by atoms with Gasteiger partial charge in [-0.15, -0.1) is 0 Å². The Hall–Kier alpha value is -2.21. The van der Waals surface area contributed by atoms with Gasteiger partial charge in [0.25, 0.3) is 0 Å². The van der Waals surface area contributed by atoms with Crippen LogP contribution in [0.1, 0.15) is 43.0 Å². The molecule has 1 saturated carbocycles. The molecule has 3 rings (SSSR count). The zero-order valence-electron chi connectivity index (χ0n) is 14.0. The summed E-state index contributed by atoms with van der Waals surface area (Å²) in [5, 5.41) is 17.3. The van der Waals surface area contributed by atoms with E-state index in [1.54, 1.807) is 17.1 Å². The fourth-order valence-corrected chi connectivity index (χ4v) is 3.37. The molecule has 2 N–H and O–H groups in total. The number of amides is 1. The normalized spacial score (nSPS) is 17.1. The summed E-state index contributed by atoms with van der Waals surface area (Å²) in [6, 6.07) is 5.52. The summed E-state index contributed by atoms with van der Waals surface area (Å²) in [7, 11) is 1.86. The number of rotatable bonds is 7. The second-order valence-corrected chi connectivity index (χ2v) is 6.64. The predicted octanol–water partition coefficient (Wildman–Crippen LogP) is 1.77. The maximum absolute atomic E-state index is 12.5. The molecular formula is C18H24N4O2. The molecule has 128 valence electrons. The first-order valence-electron chi connectivity index (χ1n) is 8.42. The number of pyridine rings is 1. The van der Waals surface area contributed by atoms with Crippen LogP contribution in [-0.2, 0) is 18.3 Å². The SMILES string of the molecule is Cn1cc([C@@H](NC(=O)CCc2ccccn2)C2(CO)CCC2)cn1. The monoisotopic (exact) mass is 328 g/mol. The topological polar surface area (TPSA) is 80.0 Å². The van der Waals surface area contributed by atoms with Gasteiger partial charge in [0.15, 0.2) is 0 Å². The van der Waals surface area contributed by atoms with Crippen molar-refractivity contribution in [1.29, 1.82) is 0 Å². The van der Waals surface area contributed by atoms with Crippen molar-refractivity contribution in [2.24, 2.45) is 12.5 Å². The van der Waals surface area contributed by atoms with Crippen LogP contribution < -0.4 is 5.32 Å². The quantitative estimate of drug-likeness (QED) is 0.812. The number of nitrogens with zero attached hydrogens (tertiary/aromatic N) is 3. The van der Waals surface area contributed by atoms with Gasteiger partial charge < -0.3 is 10.4 Å². The molecule has 0 unspecified atom stereocenters. The largest absolute Gasteiger partial charge is 0.396 e. The third kappa shape index (κ3) is 3.48. The highest BCUT2D eigenvalue weighted by Gasteiger charge is 2.45. The maximum Gasteiger partial charge on any atom is 0.220 e. The fraction of sp³-hybridized carbons (Fsp3) is 0.500. The first-order valence-corrected chi connectivity index (χ1v) is 8.42. The summed E-state index contributed by atoms with van der Waals surface area (Å²) >= 11 is 0. The summed E-state index contributed by atoms with van der Waals surface area (Å²) in [6.45, 7) is 0.0765. The van der Waals surface area contributed by atoms with E-state index in [4.69, 9.17) is 0 Å². The Bertz CT molecular complexity index is 674. The van der Waals surface area contributed by atoms with Crippen LogP contribution in [0.2, 0.25) is 0 Å². The average molecular weight is 328 g/mol. The number of hydrogen-bond acceptors (Lipinski definition) is 4. The first kappa shape index (κ1) is 16.6. The van der Waals surface area contributed by atoms with Crippen molar-refractivity contribution in [3.8, 4) is 0 Å². The molecular weight excluding hydrogens is 304 g/mol. The summed E-state index contributed by atoms with van der Waals surface area (Å²) in [4.78, 5) is 16.7. The average Bonchev–Trinajstić information content (AvgIpc) is 2.99. The number of aliphatic hydroxyl groups is 1. The van der Waals surface area contributed by atoms with Gasteiger partial charge in [-0.05, 0) is 31.4 Å². The van der Waals surface area contributed by atoms with Crippen LogP contribution in [0.25, 0.3) is 0 Å².